The maximum atomic E-state index is 13.5. The molecule has 0 atom stereocenters. The Labute approximate surface area is 221 Å². The van der Waals surface area contributed by atoms with Crippen molar-refractivity contribution in [3.05, 3.63) is 89.7 Å². The van der Waals surface area contributed by atoms with Gasteiger partial charge in [-0.3, -0.25) is 9.54 Å². The quantitative estimate of drug-likeness (QED) is 0.295. The van der Waals surface area contributed by atoms with Crippen molar-refractivity contribution in [2.24, 2.45) is 0 Å². The first-order valence-electron chi connectivity index (χ1n) is 11.3. The summed E-state index contributed by atoms with van der Waals surface area (Å²) >= 11 is 0. The van der Waals surface area contributed by atoms with E-state index in [-0.39, 0.29) is 24.6 Å². The second kappa shape index (κ2) is 12.0. The number of hydrogen-bond acceptors (Lipinski definition) is 8. The average Bonchev–Trinajstić information content (AvgIpc) is 2.87. The van der Waals surface area contributed by atoms with Gasteiger partial charge in [-0.05, 0) is 41.0 Å². The van der Waals surface area contributed by atoms with Crippen molar-refractivity contribution in [2.45, 2.75) is 37.2 Å². The third-order valence-electron chi connectivity index (χ3n) is 5.58. The van der Waals surface area contributed by atoms with E-state index in [1.165, 1.54) is 28.8 Å². The first-order chi connectivity index (χ1) is 17.8. The number of aliphatic carboxylic acids is 1. The summed E-state index contributed by atoms with van der Waals surface area (Å²) in [5, 5.41) is 8.76. The molecular weight excluding hydrogens is 536 g/mol. The predicted octanol–water partition coefficient (Wildman–Crippen LogP) is 3.03. The Morgan fingerprint density at radius 3 is 2.03 bits per heavy atom. The Balaban J connectivity index is 1.84. The molecule has 38 heavy (non-hydrogen) atoms. The van der Waals surface area contributed by atoms with Crippen LogP contribution in [0.2, 0.25) is 0 Å². The van der Waals surface area contributed by atoms with Crippen molar-refractivity contribution in [3.63, 3.8) is 0 Å². The highest BCUT2D eigenvalue weighted by atomic mass is 32.3. The van der Waals surface area contributed by atoms with E-state index in [2.05, 4.69) is 9.17 Å². The van der Waals surface area contributed by atoms with E-state index in [1.54, 1.807) is 62.4 Å². The largest absolute Gasteiger partial charge is 0.482 e. The van der Waals surface area contributed by atoms with Gasteiger partial charge in [0.1, 0.15) is 10.6 Å². The third kappa shape index (κ3) is 8.33. The lowest BCUT2D eigenvalue weighted by Gasteiger charge is -2.25. The van der Waals surface area contributed by atoms with E-state index in [0.29, 0.717) is 16.9 Å². The first-order valence-corrected chi connectivity index (χ1v) is 14.1. The van der Waals surface area contributed by atoms with Crippen LogP contribution >= 0.6 is 0 Å². The molecule has 0 aliphatic carbocycles. The van der Waals surface area contributed by atoms with Crippen LogP contribution in [0.5, 0.6) is 5.75 Å². The van der Waals surface area contributed by atoms with Gasteiger partial charge >= 0.3 is 16.4 Å². The monoisotopic (exact) mass is 564 g/mol. The molecule has 0 radical (unpaired) electrons. The minimum atomic E-state index is -4.58. The van der Waals surface area contributed by atoms with Crippen LogP contribution in [0.1, 0.15) is 30.5 Å². The van der Waals surface area contributed by atoms with Gasteiger partial charge < -0.3 is 9.84 Å². The molecule has 3 aromatic rings. The van der Waals surface area contributed by atoms with Gasteiger partial charge in [0.2, 0.25) is 10.0 Å². The number of carboxylic acids is 1. The normalized spacial score (nSPS) is 12.4. The van der Waals surface area contributed by atoms with Crippen LogP contribution in [0, 0.1) is 0 Å². The van der Waals surface area contributed by atoms with Crippen LogP contribution in [0.4, 0.5) is 0 Å². The van der Waals surface area contributed by atoms with Crippen LogP contribution in [-0.4, -0.2) is 55.0 Å². The van der Waals surface area contributed by atoms with Crippen molar-refractivity contribution >= 4 is 26.4 Å². The molecular formula is C25H28N2O9S2. The number of carboxylic acid groups (broad SMARTS) is 1. The highest BCUT2D eigenvalue weighted by Crippen LogP contribution is 2.26. The Kier molecular flexibility index (Phi) is 9.22. The topological polar surface area (TPSA) is 160 Å². The molecule has 1 heterocycles. The lowest BCUT2D eigenvalue weighted by Crippen LogP contribution is -2.30. The number of rotatable bonds is 13. The van der Waals surface area contributed by atoms with E-state index < -0.39 is 38.4 Å². The van der Waals surface area contributed by atoms with Crippen molar-refractivity contribution in [1.29, 1.82) is 0 Å². The molecule has 13 heteroatoms. The van der Waals surface area contributed by atoms with Crippen LogP contribution < -0.4 is 4.74 Å². The highest BCUT2D eigenvalue weighted by molar-refractivity contribution is 7.89. The predicted molar refractivity (Wildman–Crippen MR) is 137 cm³/mol. The van der Waals surface area contributed by atoms with Crippen LogP contribution in [-0.2, 0) is 47.9 Å². The lowest BCUT2D eigenvalue weighted by atomic mass is 9.85. The molecule has 204 valence electrons. The van der Waals surface area contributed by atoms with Gasteiger partial charge in [0, 0.05) is 30.9 Å². The molecule has 0 saturated carbocycles. The average molecular weight is 565 g/mol. The SMILES string of the molecule is CC(C)(COS(=O)(=O)O)c1ccc(CN(Cc2ccc(OCC(=O)O)cc2)S(=O)(=O)c2cccnc2)cc1. The molecule has 1 aromatic heterocycles. The number of ether oxygens (including phenoxy) is 1. The Bertz CT molecular complexity index is 1440. The number of pyridine rings is 1. The number of hydrogen-bond donors (Lipinski definition) is 2. The Hall–Kier alpha value is -3.36. The summed E-state index contributed by atoms with van der Waals surface area (Å²) in [4.78, 5) is 14.7. The number of benzene rings is 2. The summed E-state index contributed by atoms with van der Waals surface area (Å²) in [5.41, 5.74) is 1.30. The van der Waals surface area contributed by atoms with E-state index >= 15 is 0 Å². The zero-order valence-electron chi connectivity index (χ0n) is 20.7. The van der Waals surface area contributed by atoms with E-state index in [1.807, 2.05) is 0 Å². The number of aromatic nitrogens is 1. The summed E-state index contributed by atoms with van der Waals surface area (Å²) in [6.07, 6.45) is 2.75. The molecule has 11 nitrogen and oxygen atoms in total. The standard InChI is InChI=1S/C25H28N2O9S2/c1-25(2,18-36-38(32,33)34)21-9-5-19(6-10-21)15-27(37(30,31)23-4-3-13-26-14-23)16-20-7-11-22(12-8-20)35-17-24(28)29/h3-14H,15-18H2,1-2H3,(H,28,29)(H,32,33,34). The van der Waals surface area contributed by atoms with E-state index in [0.717, 1.165) is 5.56 Å². The van der Waals surface area contributed by atoms with Crippen molar-refractivity contribution in [3.8, 4) is 5.75 Å². The van der Waals surface area contributed by atoms with E-state index in [4.69, 9.17) is 14.4 Å². The van der Waals surface area contributed by atoms with E-state index in [9.17, 15) is 21.6 Å². The summed E-state index contributed by atoms with van der Waals surface area (Å²) in [7, 11) is -8.53. The number of nitrogens with zero attached hydrogens (tertiary/aromatic N) is 2. The highest BCUT2D eigenvalue weighted by Gasteiger charge is 2.27. The summed E-state index contributed by atoms with van der Waals surface area (Å²) in [6.45, 7) is 2.77. The maximum absolute atomic E-state index is 13.5. The number of carbonyl (C=O) groups is 1. The van der Waals surface area contributed by atoms with Crippen molar-refractivity contribution in [1.82, 2.24) is 9.29 Å². The fraction of sp³-hybridized carbons (Fsp3) is 0.280. The molecule has 0 spiro atoms. The molecule has 3 rings (SSSR count). The zero-order chi connectivity index (χ0) is 28.0. The van der Waals surface area contributed by atoms with Crippen LogP contribution in [0.25, 0.3) is 0 Å². The summed E-state index contributed by atoms with van der Waals surface area (Å²) in [5.74, 6) is -0.767. The van der Waals surface area contributed by atoms with Gasteiger partial charge in [-0.25, -0.2) is 17.4 Å². The van der Waals surface area contributed by atoms with Gasteiger partial charge in [0.15, 0.2) is 6.61 Å². The smallest absolute Gasteiger partial charge is 0.397 e. The molecule has 0 unspecified atom stereocenters. The van der Waals surface area contributed by atoms with Crippen LogP contribution in [0.3, 0.4) is 0 Å². The fourth-order valence-corrected chi connectivity index (χ4v) is 5.31. The zero-order valence-corrected chi connectivity index (χ0v) is 22.4. The molecule has 0 amide bonds. The fourth-order valence-electron chi connectivity index (χ4n) is 3.48. The maximum Gasteiger partial charge on any atom is 0.397 e. The molecule has 0 saturated heterocycles. The molecule has 0 bridgehead atoms. The van der Waals surface area contributed by atoms with Crippen molar-refractivity contribution in [2.75, 3.05) is 13.2 Å². The molecule has 2 N–H and O–H groups in total. The second-order valence-corrected chi connectivity index (χ2v) is 12.1. The minimum Gasteiger partial charge on any atom is -0.482 e. The second-order valence-electron chi connectivity index (χ2n) is 9.06. The number of sulfonamides is 1. The van der Waals surface area contributed by atoms with Gasteiger partial charge in [0.25, 0.3) is 0 Å². The Morgan fingerprint density at radius 2 is 1.53 bits per heavy atom. The van der Waals surface area contributed by atoms with Gasteiger partial charge in [-0.15, -0.1) is 0 Å². The van der Waals surface area contributed by atoms with Gasteiger partial charge in [-0.1, -0.05) is 50.2 Å². The van der Waals surface area contributed by atoms with Gasteiger partial charge in [0.05, 0.1) is 6.61 Å². The van der Waals surface area contributed by atoms with Gasteiger partial charge in [-0.2, -0.15) is 12.7 Å². The minimum absolute atomic E-state index is 0.0197. The molecule has 0 fully saturated rings. The van der Waals surface area contributed by atoms with Crippen LogP contribution in [0.15, 0.2) is 78.0 Å². The Morgan fingerprint density at radius 1 is 0.947 bits per heavy atom. The summed E-state index contributed by atoms with van der Waals surface area (Å²) in [6, 6.07) is 16.4. The summed E-state index contributed by atoms with van der Waals surface area (Å²) < 4.78 is 68.7. The third-order valence-corrected chi connectivity index (χ3v) is 7.77. The first kappa shape index (κ1) is 29.2. The molecule has 0 aliphatic rings. The molecule has 2 aromatic carbocycles. The van der Waals surface area contributed by atoms with Crippen molar-refractivity contribution < 1.29 is 40.2 Å². The molecule has 0 aliphatic heterocycles. The lowest BCUT2D eigenvalue weighted by molar-refractivity contribution is -0.139.